The van der Waals surface area contributed by atoms with Crippen LogP contribution in [0.2, 0.25) is 0 Å². The van der Waals surface area contributed by atoms with Gasteiger partial charge in [-0.25, -0.2) is 21.1 Å². The van der Waals surface area contributed by atoms with E-state index < -0.39 is 26.0 Å². The molecule has 1 aliphatic rings. The van der Waals surface area contributed by atoms with Gasteiger partial charge < -0.3 is 10.2 Å². The number of sulfonamides is 2. The second-order valence-electron chi connectivity index (χ2n) is 7.68. The molecule has 0 atom stereocenters. The second-order valence-corrected chi connectivity index (χ2v) is 11.7. The fraction of sp³-hybridized carbons (Fsp3) is 0.333. The summed E-state index contributed by atoms with van der Waals surface area (Å²) in [6.45, 7) is 2.36. The number of hydrogen-bond acceptors (Lipinski definition) is 6. The zero-order valence-electron chi connectivity index (χ0n) is 18.6. The summed E-state index contributed by atoms with van der Waals surface area (Å²) in [5.41, 5.74) is 0.153. The molecule has 1 heterocycles. The monoisotopic (exact) mass is 494 g/mol. The molecule has 0 spiro atoms. The molecule has 3 rings (SSSR count). The van der Waals surface area contributed by atoms with Gasteiger partial charge >= 0.3 is 0 Å². The Morgan fingerprint density at radius 3 is 2.15 bits per heavy atom. The van der Waals surface area contributed by atoms with Gasteiger partial charge in [0.25, 0.3) is 5.91 Å². The molecule has 1 fully saturated rings. The molecule has 12 heteroatoms. The van der Waals surface area contributed by atoms with Crippen molar-refractivity contribution in [2.24, 2.45) is 0 Å². The summed E-state index contributed by atoms with van der Waals surface area (Å²) in [5.74, 6) is -0.753. The van der Waals surface area contributed by atoms with Crippen molar-refractivity contribution < 1.29 is 26.4 Å². The van der Waals surface area contributed by atoms with E-state index in [9.17, 15) is 26.4 Å². The molecule has 0 aromatic heterocycles. The van der Waals surface area contributed by atoms with E-state index in [1.165, 1.54) is 61.7 Å². The topological polar surface area (TPSA) is 124 Å². The Bertz CT molecular complexity index is 1270. The summed E-state index contributed by atoms with van der Waals surface area (Å²) < 4.78 is 53.6. The van der Waals surface area contributed by atoms with Crippen LogP contribution in [-0.2, 0) is 24.8 Å². The van der Waals surface area contributed by atoms with Crippen molar-refractivity contribution >= 4 is 37.5 Å². The van der Waals surface area contributed by atoms with Crippen LogP contribution >= 0.6 is 0 Å². The van der Waals surface area contributed by atoms with Gasteiger partial charge in [-0.1, -0.05) is 18.2 Å². The summed E-state index contributed by atoms with van der Waals surface area (Å²) in [6.07, 6.45) is 0. The van der Waals surface area contributed by atoms with Gasteiger partial charge in [-0.3, -0.25) is 9.59 Å². The molecule has 0 radical (unpaired) electrons. The highest BCUT2D eigenvalue weighted by Gasteiger charge is 2.30. The number of carbonyl (C=O) groups is 2. The SMILES string of the molecule is CC(=O)N1CCN(S(=O)(=O)c2cccc(C(=O)Nc3ccccc3S(=O)(=O)N(C)C)c2)CC1. The number of hydrogen-bond donors (Lipinski definition) is 1. The van der Waals surface area contributed by atoms with Crippen LogP contribution in [0.5, 0.6) is 0 Å². The van der Waals surface area contributed by atoms with Crippen molar-refractivity contribution in [2.45, 2.75) is 16.7 Å². The van der Waals surface area contributed by atoms with E-state index in [2.05, 4.69) is 5.32 Å². The second kappa shape index (κ2) is 9.59. The molecule has 0 saturated carbocycles. The van der Waals surface area contributed by atoms with E-state index in [4.69, 9.17) is 0 Å². The van der Waals surface area contributed by atoms with Gasteiger partial charge in [0.05, 0.1) is 10.6 Å². The Morgan fingerprint density at radius 2 is 1.55 bits per heavy atom. The van der Waals surface area contributed by atoms with Crippen LogP contribution in [0.1, 0.15) is 17.3 Å². The lowest BCUT2D eigenvalue weighted by Gasteiger charge is -2.33. The third-order valence-electron chi connectivity index (χ3n) is 5.31. The summed E-state index contributed by atoms with van der Waals surface area (Å²) in [4.78, 5) is 25.8. The van der Waals surface area contributed by atoms with Crippen molar-refractivity contribution in [3.63, 3.8) is 0 Å². The molecule has 33 heavy (non-hydrogen) atoms. The van der Waals surface area contributed by atoms with Crippen LogP contribution in [0.25, 0.3) is 0 Å². The quantitative estimate of drug-likeness (QED) is 0.640. The first-order valence-electron chi connectivity index (χ1n) is 10.1. The predicted octanol–water partition coefficient (Wildman–Crippen LogP) is 1.04. The van der Waals surface area contributed by atoms with Gasteiger partial charge in [0.2, 0.25) is 26.0 Å². The molecule has 0 unspecified atom stereocenters. The zero-order chi connectivity index (χ0) is 24.4. The molecule has 0 bridgehead atoms. The first kappa shape index (κ1) is 24.8. The predicted molar refractivity (Wildman–Crippen MR) is 123 cm³/mol. The maximum Gasteiger partial charge on any atom is 0.255 e. The van der Waals surface area contributed by atoms with Crippen LogP contribution in [0.3, 0.4) is 0 Å². The Kier molecular flexibility index (Phi) is 7.22. The fourth-order valence-corrected chi connectivity index (χ4v) is 5.89. The molecule has 2 aromatic rings. The number of para-hydroxylation sites is 1. The summed E-state index contributed by atoms with van der Waals surface area (Å²) in [7, 11) is -4.90. The van der Waals surface area contributed by atoms with E-state index in [1.807, 2.05) is 0 Å². The van der Waals surface area contributed by atoms with Gasteiger partial charge in [-0.2, -0.15) is 4.31 Å². The highest BCUT2D eigenvalue weighted by molar-refractivity contribution is 7.89. The van der Waals surface area contributed by atoms with Crippen molar-refractivity contribution in [3.8, 4) is 0 Å². The number of nitrogens with one attached hydrogen (secondary N) is 1. The molecule has 1 saturated heterocycles. The number of nitrogens with zero attached hydrogens (tertiary/aromatic N) is 3. The molecule has 0 aliphatic carbocycles. The van der Waals surface area contributed by atoms with Crippen LogP contribution < -0.4 is 5.32 Å². The summed E-state index contributed by atoms with van der Waals surface area (Å²) >= 11 is 0. The van der Waals surface area contributed by atoms with Crippen LogP contribution in [-0.4, -0.2) is 82.4 Å². The number of piperazine rings is 1. The first-order valence-corrected chi connectivity index (χ1v) is 13.0. The molecule has 178 valence electrons. The normalized spacial score (nSPS) is 15.5. The average Bonchev–Trinajstić information content (AvgIpc) is 2.79. The Labute approximate surface area is 193 Å². The van der Waals surface area contributed by atoms with E-state index in [-0.39, 0.29) is 40.0 Å². The van der Waals surface area contributed by atoms with E-state index in [0.717, 1.165) is 4.31 Å². The van der Waals surface area contributed by atoms with Crippen molar-refractivity contribution in [2.75, 3.05) is 45.6 Å². The molecular weight excluding hydrogens is 468 g/mol. The third-order valence-corrected chi connectivity index (χ3v) is 9.08. The Hall–Kier alpha value is -2.80. The van der Waals surface area contributed by atoms with Crippen LogP contribution in [0, 0.1) is 0 Å². The molecule has 2 aromatic carbocycles. The number of anilines is 1. The van der Waals surface area contributed by atoms with E-state index in [0.29, 0.717) is 13.1 Å². The lowest BCUT2D eigenvalue weighted by atomic mass is 10.2. The third kappa shape index (κ3) is 5.24. The number of carbonyl (C=O) groups excluding carboxylic acids is 2. The highest BCUT2D eigenvalue weighted by atomic mass is 32.2. The minimum absolute atomic E-state index is 0.0550. The Morgan fingerprint density at radius 1 is 0.909 bits per heavy atom. The van der Waals surface area contributed by atoms with Gasteiger partial charge in [-0.05, 0) is 30.3 Å². The highest BCUT2D eigenvalue weighted by Crippen LogP contribution is 2.25. The summed E-state index contributed by atoms with van der Waals surface area (Å²) in [5, 5.41) is 2.57. The largest absolute Gasteiger partial charge is 0.340 e. The molecule has 2 amide bonds. The molecular formula is C21H26N4O6S2. The molecule has 1 N–H and O–H groups in total. The van der Waals surface area contributed by atoms with Gasteiger partial charge in [-0.15, -0.1) is 0 Å². The van der Waals surface area contributed by atoms with Gasteiger partial charge in [0, 0.05) is 52.8 Å². The zero-order valence-corrected chi connectivity index (χ0v) is 20.2. The molecule has 10 nitrogen and oxygen atoms in total. The lowest BCUT2D eigenvalue weighted by molar-refractivity contribution is -0.129. The van der Waals surface area contributed by atoms with Gasteiger partial charge in [0.15, 0.2) is 0 Å². The number of benzene rings is 2. The smallest absolute Gasteiger partial charge is 0.255 e. The van der Waals surface area contributed by atoms with Crippen molar-refractivity contribution in [1.29, 1.82) is 0 Å². The van der Waals surface area contributed by atoms with Crippen molar-refractivity contribution in [1.82, 2.24) is 13.5 Å². The average molecular weight is 495 g/mol. The van der Waals surface area contributed by atoms with E-state index in [1.54, 1.807) is 17.0 Å². The first-order chi connectivity index (χ1) is 15.4. The maximum absolute atomic E-state index is 13.1. The van der Waals surface area contributed by atoms with E-state index >= 15 is 0 Å². The fourth-order valence-electron chi connectivity index (χ4n) is 3.38. The number of rotatable bonds is 6. The standard InChI is InChI=1S/C21H26N4O6S2/c1-16(26)24-11-13-25(14-12-24)32(28,29)18-8-6-7-17(15-18)21(27)22-19-9-4-5-10-20(19)33(30,31)23(2)3/h4-10,15H,11-14H2,1-3H3,(H,22,27). The number of amides is 2. The maximum atomic E-state index is 13.1. The van der Waals surface area contributed by atoms with Gasteiger partial charge in [0.1, 0.15) is 4.90 Å². The minimum Gasteiger partial charge on any atom is -0.340 e. The Balaban J connectivity index is 1.84. The van der Waals surface area contributed by atoms with Crippen LogP contribution in [0.4, 0.5) is 5.69 Å². The minimum atomic E-state index is -3.87. The molecule has 1 aliphatic heterocycles. The van der Waals surface area contributed by atoms with Crippen LogP contribution in [0.15, 0.2) is 58.3 Å². The lowest BCUT2D eigenvalue weighted by Crippen LogP contribution is -2.49. The summed E-state index contributed by atoms with van der Waals surface area (Å²) in [6, 6.07) is 11.5. The van der Waals surface area contributed by atoms with Crippen molar-refractivity contribution in [3.05, 3.63) is 54.1 Å².